The van der Waals surface area contributed by atoms with E-state index in [1.165, 1.54) is 25.3 Å². The number of hydrogen-bond donors (Lipinski definition) is 2. The van der Waals surface area contributed by atoms with Crippen LogP contribution in [0.1, 0.15) is 34.8 Å². The highest BCUT2D eigenvalue weighted by molar-refractivity contribution is 6.04. The van der Waals surface area contributed by atoms with Crippen molar-refractivity contribution in [3.8, 4) is 11.3 Å². The van der Waals surface area contributed by atoms with Crippen LogP contribution >= 0.6 is 0 Å². The summed E-state index contributed by atoms with van der Waals surface area (Å²) in [5.41, 5.74) is 5.43. The molecule has 4 heterocycles. The number of benzene rings is 1. The van der Waals surface area contributed by atoms with Gasteiger partial charge in [0.05, 0.1) is 18.7 Å². The number of nitrogens with zero attached hydrogens (tertiary/aromatic N) is 5. The molecular weight excluding hydrogens is 522 g/mol. The number of carbonyl (C=O) groups is 2. The Morgan fingerprint density at radius 1 is 1.15 bits per heavy atom. The highest BCUT2D eigenvalue weighted by atomic mass is 19.4. The zero-order valence-corrected chi connectivity index (χ0v) is 20.4. The number of nitrogens with one attached hydrogen (secondary N) is 1. The van der Waals surface area contributed by atoms with Crippen LogP contribution in [0, 0.1) is 5.82 Å². The number of amides is 2. The lowest BCUT2D eigenvalue weighted by Gasteiger charge is -2.31. The standard InChI is InChI=1S/C25H21F4N7O3/c1-13(37)35-8-9-39-18(12-35)23-34-20(21-22(30)32-6-7-36(21)23)16-3-2-14(10-17(16)26)24(38)33-19-11-15(4-5-31-19)25(27,28)29/h2-7,10-11,18H,8-9,12H2,1H3,(H2,30,32)(H,31,33,38)/t18-/m1/s1. The van der Waals surface area contributed by atoms with Crippen molar-refractivity contribution in [1.82, 2.24) is 24.3 Å². The molecule has 3 N–H and O–H groups in total. The van der Waals surface area contributed by atoms with E-state index in [1.807, 2.05) is 0 Å². The molecule has 0 radical (unpaired) electrons. The van der Waals surface area contributed by atoms with Gasteiger partial charge in [0.25, 0.3) is 5.91 Å². The number of anilines is 2. The third-order valence-electron chi connectivity index (χ3n) is 6.23. The molecule has 1 saturated heterocycles. The summed E-state index contributed by atoms with van der Waals surface area (Å²) in [5, 5.41) is 2.24. The van der Waals surface area contributed by atoms with Crippen molar-refractivity contribution in [3.63, 3.8) is 0 Å². The predicted molar refractivity (Wildman–Crippen MR) is 131 cm³/mol. The number of morpholine rings is 1. The zero-order valence-electron chi connectivity index (χ0n) is 20.4. The van der Waals surface area contributed by atoms with Crippen molar-refractivity contribution in [2.24, 2.45) is 0 Å². The van der Waals surface area contributed by atoms with Crippen molar-refractivity contribution in [2.75, 3.05) is 30.7 Å². The first-order valence-electron chi connectivity index (χ1n) is 11.7. The first-order chi connectivity index (χ1) is 18.5. The zero-order chi connectivity index (χ0) is 27.9. The second-order valence-corrected chi connectivity index (χ2v) is 8.75. The van der Waals surface area contributed by atoms with E-state index in [9.17, 15) is 22.8 Å². The maximum Gasteiger partial charge on any atom is 0.416 e. The number of aromatic nitrogens is 4. The topological polar surface area (TPSA) is 128 Å². The van der Waals surface area contributed by atoms with E-state index in [4.69, 9.17) is 10.5 Å². The van der Waals surface area contributed by atoms with E-state index in [1.54, 1.807) is 15.5 Å². The third kappa shape index (κ3) is 5.10. The molecule has 202 valence electrons. The lowest BCUT2D eigenvalue weighted by molar-refractivity contribution is -0.138. The van der Waals surface area contributed by atoms with E-state index >= 15 is 4.39 Å². The number of hydrogen-bond acceptors (Lipinski definition) is 7. The lowest BCUT2D eigenvalue weighted by atomic mass is 10.1. The smallest absolute Gasteiger partial charge is 0.382 e. The minimum atomic E-state index is -4.62. The number of nitrogen functional groups attached to an aromatic ring is 1. The van der Waals surface area contributed by atoms with Crippen molar-refractivity contribution >= 4 is 29.0 Å². The second-order valence-electron chi connectivity index (χ2n) is 8.75. The summed E-state index contributed by atoms with van der Waals surface area (Å²) in [7, 11) is 0. The summed E-state index contributed by atoms with van der Waals surface area (Å²) in [6, 6.07) is 4.99. The third-order valence-corrected chi connectivity index (χ3v) is 6.23. The highest BCUT2D eigenvalue weighted by Crippen LogP contribution is 2.34. The normalized spacial score (nSPS) is 15.9. The van der Waals surface area contributed by atoms with Crippen molar-refractivity contribution < 1.29 is 31.9 Å². The van der Waals surface area contributed by atoms with Crippen LogP contribution in [0.15, 0.2) is 48.9 Å². The first kappa shape index (κ1) is 26.0. The molecule has 0 spiro atoms. The Balaban J connectivity index is 1.48. The van der Waals surface area contributed by atoms with Gasteiger partial charge in [-0.15, -0.1) is 0 Å². The molecule has 39 heavy (non-hydrogen) atoms. The van der Waals surface area contributed by atoms with Crippen LogP contribution < -0.4 is 11.1 Å². The summed E-state index contributed by atoms with van der Waals surface area (Å²) in [4.78, 5) is 38.6. The summed E-state index contributed by atoms with van der Waals surface area (Å²) in [6.07, 6.45) is -1.28. The number of imidazole rings is 1. The van der Waals surface area contributed by atoms with Crippen LogP contribution in [0.2, 0.25) is 0 Å². The molecule has 0 aliphatic carbocycles. The Kier molecular flexibility index (Phi) is 6.64. The Morgan fingerprint density at radius 2 is 1.95 bits per heavy atom. The predicted octanol–water partition coefficient (Wildman–Crippen LogP) is 3.70. The van der Waals surface area contributed by atoms with E-state index in [-0.39, 0.29) is 47.5 Å². The van der Waals surface area contributed by atoms with Crippen molar-refractivity contribution in [2.45, 2.75) is 19.2 Å². The van der Waals surface area contributed by atoms with Gasteiger partial charge in [-0.3, -0.25) is 14.0 Å². The van der Waals surface area contributed by atoms with Crippen LogP contribution in [0.3, 0.4) is 0 Å². The molecule has 1 aliphatic rings. The first-order valence-corrected chi connectivity index (χ1v) is 11.7. The highest BCUT2D eigenvalue weighted by Gasteiger charge is 2.31. The summed E-state index contributed by atoms with van der Waals surface area (Å²) in [5.74, 6) is -1.69. The number of pyridine rings is 1. The number of halogens is 4. The van der Waals surface area contributed by atoms with Crippen LogP contribution in [-0.4, -0.2) is 55.8 Å². The fourth-order valence-corrected chi connectivity index (χ4v) is 4.31. The Bertz CT molecular complexity index is 1590. The quantitative estimate of drug-likeness (QED) is 0.376. The van der Waals surface area contributed by atoms with Gasteiger partial charge in [-0.1, -0.05) is 0 Å². The van der Waals surface area contributed by atoms with Crippen LogP contribution in [-0.2, 0) is 15.7 Å². The van der Waals surface area contributed by atoms with Gasteiger partial charge in [0.15, 0.2) is 0 Å². The molecule has 0 bridgehead atoms. The molecule has 0 saturated carbocycles. The number of alkyl halides is 3. The van der Waals surface area contributed by atoms with E-state index < -0.39 is 29.6 Å². The van der Waals surface area contributed by atoms with Gasteiger partial charge in [0.1, 0.15) is 40.6 Å². The average molecular weight is 543 g/mol. The molecule has 0 unspecified atom stereocenters. The van der Waals surface area contributed by atoms with Gasteiger partial charge < -0.3 is 20.7 Å². The molecule has 1 aliphatic heterocycles. The average Bonchev–Trinajstić information content (AvgIpc) is 3.29. The second kappa shape index (κ2) is 9.94. The molecule has 10 nitrogen and oxygen atoms in total. The molecule has 2 amide bonds. The molecule has 4 aromatic rings. The monoisotopic (exact) mass is 543 g/mol. The van der Waals surface area contributed by atoms with Crippen LogP contribution in [0.4, 0.5) is 29.2 Å². The van der Waals surface area contributed by atoms with Gasteiger partial charge in [0, 0.05) is 43.2 Å². The largest absolute Gasteiger partial charge is 0.416 e. The minimum Gasteiger partial charge on any atom is -0.382 e. The molecule has 5 rings (SSSR count). The fourth-order valence-electron chi connectivity index (χ4n) is 4.31. The number of rotatable bonds is 4. The van der Waals surface area contributed by atoms with E-state index in [0.717, 1.165) is 18.3 Å². The van der Waals surface area contributed by atoms with Crippen LogP contribution in [0.5, 0.6) is 0 Å². The fraction of sp³-hybridized carbons (Fsp3) is 0.240. The number of carbonyl (C=O) groups excluding carboxylic acids is 2. The van der Waals surface area contributed by atoms with E-state index in [2.05, 4.69) is 20.3 Å². The number of nitrogens with two attached hydrogens (primary N) is 1. The Hall–Kier alpha value is -4.59. The molecular formula is C25H21F4N7O3. The maximum absolute atomic E-state index is 15.4. The van der Waals surface area contributed by atoms with E-state index in [0.29, 0.717) is 24.0 Å². The summed E-state index contributed by atoms with van der Waals surface area (Å²) >= 11 is 0. The SMILES string of the molecule is CC(=O)N1CCO[C@@H](c2nc(-c3ccc(C(=O)Nc4cc(C(F)(F)F)ccn4)cc3F)c3c(N)nccn23)C1. The van der Waals surface area contributed by atoms with Gasteiger partial charge in [-0.2, -0.15) is 13.2 Å². The lowest BCUT2D eigenvalue weighted by Crippen LogP contribution is -2.41. The Morgan fingerprint density at radius 3 is 2.67 bits per heavy atom. The maximum atomic E-state index is 15.4. The van der Waals surface area contributed by atoms with Crippen molar-refractivity contribution in [3.05, 3.63) is 71.7 Å². The number of ether oxygens (including phenoxy) is 1. The van der Waals surface area contributed by atoms with Crippen molar-refractivity contribution in [1.29, 1.82) is 0 Å². The van der Waals surface area contributed by atoms with Gasteiger partial charge in [-0.05, 0) is 30.3 Å². The summed E-state index contributed by atoms with van der Waals surface area (Å²) in [6.45, 7) is 2.41. The molecule has 1 fully saturated rings. The van der Waals surface area contributed by atoms with Crippen LogP contribution in [0.25, 0.3) is 16.8 Å². The van der Waals surface area contributed by atoms with Gasteiger partial charge >= 0.3 is 6.18 Å². The van der Waals surface area contributed by atoms with Gasteiger partial charge in [0.2, 0.25) is 5.91 Å². The molecule has 14 heteroatoms. The number of fused-ring (bicyclic) bond motifs is 1. The minimum absolute atomic E-state index is 0.00595. The summed E-state index contributed by atoms with van der Waals surface area (Å²) < 4.78 is 61.8. The molecule has 3 aromatic heterocycles. The molecule has 1 aromatic carbocycles. The molecule has 1 atom stereocenters. The Labute approximate surface area is 218 Å². The van der Waals surface area contributed by atoms with Gasteiger partial charge in [-0.25, -0.2) is 19.3 Å².